The number of hydrogen-bond donors (Lipinski definition) is 1. The zero-order valence-electron chi connectivity index (χ0n) is 15.1. The predicted octanol–water partition coefficient (Wildman–Crippen LogP) is 3.95. The molecule has 3 aromatic rings. The number of nitriles is 1. The summed E-state index contributed by atoms with van der Waals surface area (Å²) in [7, 11) is 0. The fraction of sp³-hybridized carbons (Fsp3) is 0.300. The van der Waals surface area contributed by atoms with Gasteiger partial charge >= 0.3 is 0 Å². The Morgan fingerprint density at radius 3 is 2.68 bits per heavy atom. The highest BCUT2D eigenvalue weighted by atomic mass is 35.5. The molecule has 0 radical (unpaired) electrons. The normalized spacial score (nSPS) is 15.9. The number of rotatable bonds is 6. The lowest BCUT2D eigenvalue weighted by Gasteiger charge is -2.33. The summed E-state index contributed by atoms with van der Waals surface area (Å²) in [6, 6.07) is 13.0. The van der Waals surface area contributed by atoms with Crippen LogP contribution in [0.1, 0.15) is 17.5 Å². The van der Waals surface area contributed by atoms with Crippen molar-refractivity contribution < 1.29 is 13.6 Å². The first-order valence-electron chi connectivity index (χ1n) is 9.00. The molecule has 1 aromatic carbocycles. The van der Waals surface area contributed by atoms with Crippen LogP contribution in [0.5, 0.6) is 0 Å². The van der Waals surface area contributed by atoms with Crippen molar-refractivity contribution in [2.24, 2.45) is 0 Å². The first-order valence-corrected chi connectivity index (χ1v) is 9.38. The Hall–Kier alpha value is -2.79. The molecule has 7 nitrogen and oxygen atoms in total. The van der Waals surface area contributed by atoms with Crippen LogP contribution in [0.3, 0.4) is 0 Å². The van der Waals surface area contributed by atoms with Crippen molar-refractivity contribution in [3.63, 3.8) is 0 Å². The van der Waals surface area contributed by atoms with Crippen LogP contribution in [-0.4, -0.2) is 42.7 Å². The second-order valence-corrected chi connectivity index (χ2v) is 6.81. The van der Waals surface area contributed by atoms with Crippen LogP contribution in [-0.2, 0) is 4.74 Å². The van der Waals surface area contributed by atoms with Gasteiger partial charge in [0.05, 0.1) is 25.5 Å². The summed E-state index contributed by atoms with van der Waals surface area (Å²) in [4.78, 5) is 6.58. The molecule has 0 aliphatic carbocycles. The fourth-order valence-corrected chi connectivity index (χ4v) is 3.33. The standard InChI is InChI=1S/C20H19ClN4O3/c21-15-5-3-14(4-6-15)19-24-16(12-22)20(28-19)23-13-17(18-2-1-9-27-18)25-7-10-26-11-8-25/h1-6,9,17,23H,7-8,10-11,13H2/t17-/m0/s1. The molecule has 0 amide bonds. The summed E-state index contributed by atoms with van der Waals surface area (Å²) in [6.45, 7) is 3.50. The second kappa shape index (κ2) is 8.48. The number of hydrogen-bond acceptors (Lipinski definition) is 7. The predicted molar refractivity (Wildman–Crippen MR) is 104 cm³/mol. The molecule has 2 aromatic heterocycles. The first kappa shape index (κ1) is 18.6. The minimum atomic E-state index is -0.00507. The van der Waals surface area contributed by atoms with Crippen LogP contribution in [0.15, 0.2) is 51.5 Å². The van der Waals surface area contributed by atoms with E-state index >= 15 is 0 Å². The van der Waals surface area contributed by atoms with Crippen molar-refractivity contribution in [1.82, 2.24) is 9.88 Å². The van der Waals surface area contributed by atoms with Gasteiger partial charge < -0.3 is 18.9 Å². The lowest BCUT2D eigenvalue weighted by Crippen LogP contribution is -2.41. The van der Waals surface area contributed by atoms with Crippen LogP contribution in [0.25, 0.3) is 11.5 Å². The number of nitrogens with zero attached hydrogens (tertiary/aromatic N) is 3. The average Bonchev–Trinajstić information content (AvgIpc) is 3.40. The number of furan rings is 1. The van der Waals surface area contributed by atoms with Gasteiger partial charge in [-0.2, -0.15) is 10.2 Å². The van der Waals surface area contributed by atoms with E-state index in [4.69, 9.17) is 25.2 Å². The Labute approximate surface area is 167 Å². The van der Waals surface area contributed by atoms with Crippen molar-refractivity contribution >= 4 is 17.5 Å². The van der Waals surface area contributed by atoms with Crippen molar-refractivity contribution in [3.05, 3.63) is 59.1 Å². The van der Waals surface area contributed by atoms with Crippen LogP contribution in [0, 0.1) is 11.3 Å². The second-order valence-electron chi connectivity index (χ2n) is 6.38. The highest BCUT2D eigenvalue weighted by molar-refractivity contribution is 6.30. The molecule has 1 aliphatic heterocycles. The Morgan fingerprint density at radius 1 is 1.21 bits per heavy atom. The van der Waals surface area contributed by atoms with E-state index in [0.29, 0.717) is 36.6 Å². The van der Waals surface area contributed by atoms with E-state index in [2.05, 4.69) is 21.3 Å². The maximum Gasteiger partial charge on any atom is 0.232 e. The van der Waals surface area contributed by atoms with Gasteiger partial charge in [0.25, 0.3) is 0 Å². The van der Waals surface area contributed by atoms with Gasteiger partial charge in [-0.05, 0) is 36.4 Å². The van der Waals surface area contributed by atoms with Crippen molar-refractivity contribution in [1.29, 1.82) is 5.26 Å². The zero-order valence-corrected chi connectivity index (χ0v) is 15.9. The SMILES string of the molecule is N#Cc1nc(-c2ccc(Cl)cc2)oc1NC[C@@H](c1ccco1)N1CCOCC1. The molecule has 3 heterocycles. The maximum atomic E-state index is 9.44. The van der Waals surface area contributed by atoms with E-state index in [0.717, 1.165) is 24.4 Å². The lowest BCUT2D eigenvalue weighted by atomic mass is 10.1. The molecule has 1 fully saturated rings. The molecule has 28 heavy (non-hydrogen) atoms. The first-order chi connectivity index (χ1) is 13.7. The molecule has 144 valence electrons. The molecule has 8 heteroatoms. The monoisotopic (exact) mass is 398 g/mol. The molecule has 0 bridgehead atoms. The maximum absolute atomic E-state index is 9.44. The summed E-state index contributed by atoms with van der Waals surface area (Å²) in [5.74, 6) is 1.57. The minimum absolute atomic E-state index is 0.00507. The molecule has 0 spiro atoms. The average molecular weight is 399 g/mol. The minimum Gasteiger partial charge on any atom is -0.468 e. The highest BCUT2D eigenvalue weighted by Gasteiger charge is 2.26. The third-order valence-corrected chi connectivity index (χ3v) is 4.89. The zero-order chi connectivity index (χ0) is 19.3. The van der Waals surface area contributed by atoms with Crippen LogP contribution >= 0.6 is 11.6 Å². The molecule has 4 rings (SSSR count). The molecule has 1 aliphatic rings. The number of nitrogens with one attached hydrogen (secondary N) is 1. The Bertz CT molecular complexity index is 941. The number of halogens is 1. The Kier molecular flexibility index (Phi) is 5.63. The number of ether oxygens (including phenoxy) is 1. The van der Waals surface area contributed by atoms with E-state index < -0.39 is 0 Å². The van der Waals surface area contributed by atoms with E-state index in [1.807, 2.05) is 12.1 Å². The summed E-state index contributed by atoms with van der Waals surface area (Å²) in [5, 5.41) is 13.3. The lowest BCUT2D eigenvalue weighted by molar-refractivity contribution is 0.0144. The number of morpholine rings is 1. The van der Waals surface area contributed by atoms with E-state index in [-0.39, 0.29) is 11.7 Å². The molecule has 0 saturated carbocycles. The smallest absolute Gasteiger partial charge is 0.232 e. The van der Waals surface area contributed by atoms with Gasteiger partial charge in [-0.15, -0.1) is 0 Å². The number of aromatic nitrogens is 1. The summed E-state index contributed by atoms with van der Waals surface area (Å²) in [6.07, 6.45) is 1.66. The summed E-state index contributed by atoms with van der Waals surface area (Å²) < 4.78 is 16.9. The quantitative estimate of drug-likeness (QED) is 0.672. The number of oxazole rings is 1. The molecule has 0 unspecified atom stereocenters. The van der Waals surface area contributed by atoms with Crippen LogP contribution < -0.4 is 5.32 Å². The largest absolute Gasteiger partial charge is 0.468 e. The molecule has 1 atom stereocenters. The van der Waals surface area contributed by atoms with Gasteiger partial charge in [-0.1, -0.05) is 11.6 Å². The van der Waals surface area contributed by atoms with Crippen molar-refractivity contribution in [2.45, 2.75) is 6.04 Å². The Morgan fingerprint density at radius 2 is 2.00 bits per heavy atom. The van der Waals surface area contributed by atoms with Gasteiger partial charge in [0.1, 0.15) is 11.8 Å². The van der Waals surface area contributed by atoms with Gasteiger partial charge in [0, 0.05) is 30.2 Å². The van der Waals surface area contributed by atoms with Gasteiger partial charge in [0.15, 0.2) is 0 Å². The van der Waals surface area contributed by atoms with Gasteiger partial charge in [-0.3, -0.25) is 4.90 Å². The fourth-order valence-electron chi connectivity index (χ4n) is 3.20. The van der Waals surface area contributed by atoms with Crippen LogP contribution in [0.2, 0.25) is 5.02 Å². The summed E-state index contributed by atoms with van der Waals surface area (Å²) in [5.41, 5.74) is 0.967. The van der Waals surface area contributed by atoms with E-state index in [9.17, 15) is 5.26 Å². The molecule has 1 saturated heterocycles. The third-order valence-electron chi connectivity index (χ3n) is 4.64. The van der Waals surface area contributed by atoms with E-state index in [1.165, 1.54) is 0 Å². The molecular formula is C20H19ClN4O3. The number of benzene rings is 1. The Balaban J connectivity index is 1.54. The van der Waals surface area contributed by atoms with Crippen LogP contribution in [0.4, 0.5) is 5.88 Å². The van der Waals surface area contributed by atoms with Crippen molar-refractivity contribution in [2.75, 3.05) is 38.2 Å². The molecule has 1 N–H and O–H groups in total. The topological polar surface area (TPSA) is 87.5 Å². The molecular weight excluding hydrogens is 380 g/mol. The van der Waals surface area contributed by atoms with E-state index in [1.54, 1.807) is 30.5 Å². The van der Waals surface area contributed by atoms with Crippen molar-refractivity contribution in [3.8, 4) is 17.5 Å². The number of anilines is 1. The third kappa shape index (κ3) is 4.04. The highest BCUT2D eigenvalue weighted by Crippen LogP contribution is 2.28. The van der Waals surface area contributed by atoms with Gasteiger partial charge in [-0.25, -0.2) is 0 Å². The van der Waals surface area contributed by atoms with Gasteiger partial charge in [0.2, 0.25) is 17.5 Å². The summed E-state index contributed by atoms with van der Waals surface area (Å²) >= 11 is 5.93.